The van der Waals surface area contributed by atoms with Crippen LogP contribution in [0, 0.1) is 0 Å². The molecule has 23 heavy (non-hydrogen) atoms. The summed E-state index contributed by atoms with van der Waals surface area (Å²) in [7, 11) is 1.58. The van der Waals surface area contributed by atoms with Crippen LogP contribution in [0.3, 0.4) is 0 Å². The van der Waals surface area contributed by atoms with Crippen molar-refractivity contribution in [3.8, 4) is 11.4 Å². The maximum Gasteiger partial charge on any atom is 0.254 e. The molecule has 2 atom stereocenters. The van der Waals surface area contributed by atoms with Crippen LogP contribution in [0.5, 0.6) is 5.75 Å². The molecule has 1 aromatic heterocycles. The second-order valence-electron chi connectivity index (χ2n) is 5.98. The van der Waals surface area contributed by atoms with Crippen molar-refractivity contribution in [1.29, 1.82) is 0 Å². The van der Waals surface area contributed by atoms with Crippen LogP contribution in [0.1, 0.15) is 43.5 Å². The third kappa shape index (κ3) is 2.91. The van der Waals surface area contributed by atoms with Gasteiger partial charge in [-0.25, -0.2) is 0 Å². The van der Waals surface area contributed by atoms with Gasteiger partial charge in [-0.15, -0.1) is 5.10 Å². The maximum atomic E-state index is 13.0. The van der Waals surface area contributed by atoms with Crippen LogP contribution in [0.2, 0.25) is 0 Å². The zero-order valence-electron chi connectivity index (χ0n) is 13.6. The predicted molar refractivity (Wildman–Crippen MR) is 84.7 cm³/mol. The highest BCUT2D eigenvalue weighted by Crippen LogP contribution is 2.28. The van der Waals surface area contributed by atoms with Crippen molar-refractivity contribution in [3.05, 3.63) is 30.1 Å². The fraction of sp³-hybridized carbons (Fsp3) is 0.500. The highest BCUT2D eigenvalue weighted by atomic mass is 16.5. The Labute approximate surface area is 135 Å². The molecule has 0 unspecified atom stereocenters. The van der Waals surface area contributed by atoms with Gasteiger partial charge < -0.3 is 9.64 Å². The van der Waals surface area contributed by atoms with Gasteiger partial charge >= 0.3 is 0 Å². The van der Waals surface area contributed by atoms with Crippen LogP contribution in [-0.2, 0) is 0 Å². The van der Waals surface area contributed by atoms with Gasteiger partial charge in [0.2, 0.25) is 0 Å². The molecule has 3 rings (SSSR count). The van der Waals surface area contributed by atoms with Crippen molar-refractivity contribution >= 4 is 5.91 Å². The lowest BCUT2D eigenvalue weighted by atomic mass is 9.96. The van der Waals surface area contributed by atoms with Gasteiger partial charge in [0.15, 0.2) is 0 Å². The summed E-state index contributed by atoms with van der Waals surface area (Å²) in [6, 6.07) is 5.87. The highest BCUT2D eigenvalue weighted by molar-refractivity contribution is 5.95. The third-order valence-corrected chi connectivity index (χ3v) is 4.45. The average molecular weight is 315 g/mol. The Kier molecular flexibility index (Phi) is 4.27. The van der Waals surface area contributed by atoms with Gasteiger partial charge in [0.1, 0.15) is 17.8 Å². The molecular formula is C16H21N5O2. The number of piperidine rings is 1. The van der Waals surface area contributed by atoms with Crippen LogP contribution in [0.4, 0.5) is 0 Å². The lowest BCUT2D eigenvalue weighted by Gasteiger charge is -2.39. The van der Waals surface area contributed by atoms with Gasteiger partial charge in [-0.2, -0.15) is 4.68 Å². The summed E-state index contributed by atoms with van der Waals surface area (Å²) < 4.78 is 6.85. The number of methoxy groups -OCH3 is 1. The smallest absolute Gasteiger partial charge is 0.254 e. The molecule has 1 aliphatic heterocycles. The Balaban J connectivity index is 1.97. The molecule has 2 heterocycles. The van der Waals surface area contributed by atoms with Gasteiger partial charge in [-0.05, 0) is 61.7 Å². The van der Waals surface area contributed by atoms with Crippen molar-refractivity contribution in [2.75, 3.05) is 7.11 Å². The van der Waals surface area contributed by atoms with Gasteiger partial charge in [-0.3, -0.25) is 4.79 Å². The Morgan fingerprint density at radius 2 is 2.00 bits per heavy atom. The average Bonchev–Trinajstić information content (AvgIpc) is 3.08. The van der Waals surface area contributed by atoms with E-state index in [4.69, 9.17) is 4.74 Å². The van der Waals surface area contributed by atoms with E-state index in [0.29, 0.717) is 17.0 Å². The molecule has 0 radical (unpaired) electrons. The first kappa shape index (κ1) is 15.5. The van der Waals surface area contributed by atoms with E-state index in [1.54, 1.807) is 25.3 Å². The minimum absolute atomic E-state index is 0.0432. The molecule has 122 valence electrons. The van der Waals surface area contributed by atoms with Crippen molar-refractivity contribution in [3.63, 3.8) is 0 Å². The molecule has 0 bridgehead atoms. The fourth-order valence-electron chi connectivity index (χ4n) is 3.24. The minimum Gasteiger partial charge on any atom is -0.494 e. The van der Waals surface area contributed by atoms with Gasteiger partial charge in [0.25, 0.3) is 5.91 Å². The molecular weight excluding hydrogens is 294 g/mol. The van der Waals surface area contributed by atoms with E-state index in [2.05, 4.69) is 29.4 Å². The van der Waals surface area contributed by atoms with Crippen LogP contribution < -0.4 is 4.74 Å². The number of amides is 1. The van der Waals surface area contributed by atoms with E-state index in [0.717, 1.165) is 12.8 Å². The first-order chi connectivity index (χ1) is 11.1. The fourth-order valence-corrected chi connectivity index (χ4v) is 3.24. The summed E-state index contributed by atoms with van der Waals surface area (Å²) in [5.74, 6) is 0.662. The zero-order valence-corrected chi connectivity index (χ0v) is 13.6. The van der Waals surface area contributed by atoms with Crippen molar-refractivity contribution in [2.45, 2.75) is 45.2 Å². The standard InChI is InChI=1S/C16H21N5O2/c1-11-5-4-6-12(2)21(11)16(22)13-7-8-15(23-3)14(9-13)20-10-17-18-19-20/h7-12H,4-6H2,1-3H3/t11-,12-/m1/s1. The molecule has 0 aliphatic carbocycles. The summed E-state index contributed by atoms with van der Waals surface area (Å²) >= 11 is 0. The first-order valence-electron chi connectivity index (χ1n) is 7.86. The second-order valence-corrected chi connectivity index (χ2v) is 5.98. The SMILES string of the molecule is COc1ccc(C(=O)N2[C@H](C)CCC[C@H]2C)cc1-n1cnnn1. The van der Waals surface area contributed by atoms with Crippen molar-refractivity contribution in [2.24, 2.45) is 0 Å². The first-order valence-corrected chi connectivity index (χ1v) is 7.86. The monoisotopic (exact) mass is 315 g/mol. The molecule has 1 fully saturated rings. The molecule has 1 aromatic carbocycles. The van der Waals surface area contributed by atoms with E-state index < -0.39 is 0 Å². The number of aromatic nitrogens is 4. The molecule has 0 N–H and O–H groups in total. The topological polar surface area (TPSA) is 73.1 Å². The van der Waals surface area contributed by atoms with Crippen LogP contribution in [-0.4, -0.2) is 50.2 Å². The Hall–Kier alpha value is -2.44. The van der Waals surface area contributed by atoms with E-state index in [-0.39, 0.29) is 18.0 Å². The summed E-state index contributed by atoms with van der Waals surface area (Å²) in [5, 5.41) is 11.2. The van der Waals surface area contributed by atoms with E-state index in [1.807, 2.05) is 4.90 Å². The number of nitrogens with zero attached hydrogens (tertiary/aromatic N) is 5. The quantitative estimate of drug-likeness (QED) is 0.867. The summed E-state index contributed by atoms with van der Waals surface area (Å²) in [4.78, 5) is 14.9. The number of hydrogen-bond donors (Lipinski definition) is 0. The largest absolute Gasteiger partial charge is 0.494 e. The number of rotatable bonds is 3. The number of carbonyl (C=O) groups is 1. The predicted octanol–water partition coefficient (Wildman–Crippen LogP) is 2.07. The summed E-state index contributed by atoms with van der Waals surface area (Å²) in [5.41, 5.74) is 1.28. The van der Waals surface area contributed by atoms with Crippen molar-refractivity contribution in [1.82, 2.24) is 25.1 Å². The number of likely N-dealkylation sites (tertiary alicyclic amines) is 1. The number of tetrazole rings is 1. The molecule has 1 saturated heterocycles. The molecule has 0 saturated carbocycles. The second kappa shape index (κ2) is 6.36. The van der Waals surface area contributed by atoms with Gasteiger partial charge in [0.05, 0.1) is 7.11 Å². The Bertz CT molecular complexity index is 676. The molecule has 2 aromatic rings. The lowest BCUT2D eigenvalue weighted by molar-refractivity contribution is 0.0510. The maximum absolute atomic E-state index is 13.0. The number of hydrogen-bond acceptors (Lipinski definition) is 5. The molecule has 0 spiro atoms. The van der Waals surface area contributed by atoms with Crippen molar-refractivity contribution < 1.29 is 9.53 Å². The molecule has 1 amide bonds. The van der Waals surface area contributed by atoms with Crippen LogP contribution in [0.25, 0.3) is 5.69 Å². The van der Waals surface area contributed by atoms with E-state index in [1.165, 1.54) is 17.4 Å². The summed E-state index contributed by atoms with van der Waals surface area (Å²) in [6.07, 6.45) is 4.75. The number of carbonyl (C=O) groups excluding carboxylic acids is 1. The zero-order chi connectivity index (χ0) is 16.4. The van der Waals surface area contributed by atoms with Gasteiger partial charge in [0, 0.05) is 17.6 Å². The van der Waals surface area contributed by atoms with Crippen LogP contribution in [0.15, 0.2) is 24.5 Å². The summed E-state index contributed by atoms with van der Waals surface area (Å²) in [6.45, 7) is 4.22. The molecule has 7 heteroatoms. The Morgan fingerprint density at radius 3 is 2.61 bits per heavy atom. The van der Waals surface area contributed by atoms with Crippen LogP contribution >= 0.6 is 0 Å². The van der Waals surface area contributed by atoms with Gasteiger partial charge in [-0.1, -0.05) is 0 Å². The molecule has 7 nitrogen and oxygen atoms in total. The van der Waals surface area contributed by atoms with E-state index in [9.17, 15) is 4.79 Å². The number of benzene rings is 1. The highest BCUT2D eigenvalue weighted by Gasteiger charge is 2.30. The molecule has 1 aliphatic rings. The third-order valence-electron chi connectivity index (χ3n) is 4.45. The Morgan fingerprint density at radius 1 is 1.26 bits per heavy atom. The number of ether oxygens (including phenoxy) is 1. The minimum atomic E-state index is 0.0432. The van der Waals surface area contributed by atoms with E-state index >= 15 is 0 Å². The normalized spacial score (nSPS) is 21.3. The lowest BCUT2D eigenvalue weighted by Crippen LogP contribution is -2.47.